The summed E-state index contributed by atoms with van der Waals surface area (Å²) in [4.78, 5) is 13.4. The summed E-state index contributed by atoms with van der Waals surface area (Å²) in [5, 5.41) is 0. The summed E-state index contributed by atoms with van der Waals surface area (Å²) in [5.41, 5.74) is 0. The summed E-state index contributed by atoms with van der Waals surface area (Å²) in [6.07, 6.45) is 12.4. The molecule has 5 aliphatic heterocycles. The molecule has 6 nitrogen and oxygen atoms in total. The van der Waals surface area contributed by atoms with Gasteiger partial charge in [-0.3, -0.25) is 24.5 Å². The minimum Gasteiger partial charge on any atom is -0.384 e. The van der Waals surface area contributed by atoms with Gasteiger partial charge in [0.15, 0.2) is 0 Å². The number of ether oxygens (including phenoxy) is 1. The summed E-state index contributed by atoms with van der Waals surface area (Å²) < 4.78 is 5.26. The van der Waals surface area contributed by atoms with Gasteiger partial charge in [0, 0.05) is 99.2 Å². The van der Waals surface area contributed by atoms with Crippen molar-refractivity contribution in [1.82, 2.24) is 24.5 Å². The monoisotopic (exact) mass is 904 g/mol. The number of methoxy groups -OCH3 is 1. The summed E-state index contributed by atoms with van der Waals surface area (Å²) in [6, 6.07) is 9.32. The molecule has 0 aromatic carbocycles. The van der Waals surface area contributed by atoms with E-state index in [1.165, 1.54) is 77.4 Å². The second kappa shape index (κ2) is 30.4. The van der Waals surface area contributed by atoms with Crippen LogP contribution in [-0.4, -0.2) is 130 Å². The standard InChI is InChI=1S/C12H25NO.2C12H25N.2C11H23N/c1-9(2)12-6-11(8-14-5)7-13(12)10(3)4;1-6-11-7-12(9(2)3)13(8-11)10(4)5;1-6-11-7-8-12(9(2)3)13(11)10(4)5;1-8(2)11-6-10(5)7-12(11)9(3)4;1-8(2)11-7-6-10(5)12(11)9(3)4/h9-12H,6-8H2,1-5H3;2*9-12H,6-8H2,1-5H3;2*8-11H,6-7H2,1-5H3/t3*11?,12-;2*10?,11-/m00000/s1. The van der Waals surface area contributed by atoms with Crippen LogP contribution in [0.25, 0.3) is 0 Å². The Morgan fingerprint density at radius 3 is 1.11 bits per heavy atom. The minimum atomic E-state index is 0.671. The maximum atomic E-state index is 5.26. The quantitative estimate of drug-likeness (QED) is 0.172. The average Bonchev–Trinajstić information content (AvgIpc) is 4.04. The van der Waals surface area contributed by atoms with Crippen molar-refractivity contribution >= 4 is 0 Å². The van der Waals surface area contributed by atoms with E-state index in [9.17, 15) is 0 Å². The van der Waals surface area contributed by atoms with Crippen LogP contribution >= 0.6 is 0 Å². The predicted octanol–water partition coefficient (Wildman–Crippen LogP) is 14.5. The third-order valence-electron chi connectivity index (χ3n) is 16.4. The molecule has 384 valence electrons. The molecule has 5 rings (SSSR count). The van der Waals surface area contributed by atoms with Crippen molar-refractivity contribution in [3.8, 4) is 0 Å². The first kappa shape index (κ1) is 61.8. The molecular weight excluding hydrogens is 783 g/mol. The molecular formula is C58H121N5O. The highest BCUT2D eigenvalue weighted by atomic mass is 16.5. The molecule has 0 aromatic rings. The molecule has 5 saturated heterocycles. The summed E-state index contributed by atoms with van der Waals surface area (Å²) in [7, 11) is 1.81. The third kappa shape index (κ3) is 19.3. The van der Waals surface area contributed by atoms with Gasteiger partial charge in [0.2, 0.25) is 0 Å². The second-order valence-electron chi connectivity index (χ2n) is 25.0. The lowest BCUT2D eigenvalue weighted by Gasteiger charge is -2.35. The van der Waals surface area contributed by atoms with E-state index in [1.807, 2.05) is 7.11 Å². The van der Waals surface area contributed by atoms with Crippen molar-refractivity contribution < 1.29 is 4.74 Å². The Balaban J connectivity index is 0.000000400. The Labute approximate surface area is 404 Å². The Morgan fingerprint density at radius 2 is 0.781 bits per heavy atom. The van der Waals surface area contributed by atoms with Gasteiger partial charge >= 0.3 is 0 Å². The van der Waals surface area contributed by atoms with Gasteiger partial charge in [-0.25, -0.2) is 0 Å². The lowest BCUT2D eigenvalue weighted by molar-refractivity contribution is 0.117. The van der Waals surface area contributed by atoms with Gasteiger partial charge in [0.25, 0.3) is 0 Å². The number of rotatable bonds is 14. The van der Waals surface area contributed by atoms with Crippen molar-refractivity contribution in [1.29, 1.82) is 0 Å². The summed E-state index contributed by atoms with van der Waals surface area (Å²) >= 11 is 0. The largest absolute Gasteiger partial charge is 0.384 e. The molecule has 6 heteroatoms. The first-order valence-corrected chi connectivity index (χ1v) is 28.1. The van der Waals surface area contributed by atoms with Crippen molar-refractivity contribution in [2.24, 2.45) is 47.3 Å². The van der Waals surface area contributed by atoms with Crippen LogP contribution in [0.1, 0.15) is 224 Å². The first-order chi connectivity index (χ1) is 29.7. The first-order valence-electron chi connectivity index (χ1n) is 28.1. The molecule has 0 bridgehead atoms. The van der Waals surface area contributed by atoms with Gasteiger partial charge in [-0.1, -0.05) is 96.4 Å². The van der Waals surface area contributed by atoms with Gasteiger partial charge < -0.3 is 4.74 Å². The zero-order chi connectivity index (χ0) is 49.3. The van der Waals surface area contributed by atoms with E-state index < -0.39 is 0 Å². The Hall–Kier alpha value is -0.240. The molecule has 5 fully saturated rings. The lowest BCUT2D eigenvalue weighted by atomic mass is 9.96. The molecule has 0 amide bonds. The van der Waals surface area contributed by atoms with E-state index in [0.717, 1.165) is 120 Å². The zero-order valence-corrected chi connectivity index (χ0v) is 48.4. The molecule has 0 aliphatic carbocycles. The van der Waals surface area contributed by atoms with Crippen LogP contribution in [0.3, 0.4) is 0 Å². The van der Waals surface area contributed by atoms with Crippen LogP contribution in [0.2, 0.25) is 0 Å². The highest BCUT2D eigenvalue weighted by Gasteiger charge is 2.38. The molecule has 5 unspecified atom stereocenters. The Bertz CT molecular complexity index is 1100. The van der Waals surface area contributed by atoms with Crippen LogP contribution in [0, 0.1) is 47.3 Å². The average molecular weight is 905 g/mol. The highest BCUT2D eigenvalue weighted by molar-refractivity contribution is 4.92. The highest BCUT2D eigenvalue weighted by Crippen LogP contribution is 2.35. The molecule has 0 spiro atoms. The molecule has 0 saturated carbocycles. The fourth-order valence-corrected chi connectivity index (χ4v) is 12.9. The van der Waals surface area contributed by atoms with E-state index in [0.29, 0.717) is 6.04 Å². The maximum Gasteiger partial charge on any atom is 0.0503 e. The lowest BCUT2D eigenvalue weighted by Crippen LogP contribution is -2.43. The van der Waals surface area contributed by atoms with Crippen LogP contribution in [0.15, 0.2) is 0 Å². The second-order valence-corrected chi connectivity index (χ2v) is 25.0. The molecule has 0 radical (unpaired) electrons. The van der Waals surface area contributed by atoms with Crippen LogP contribution < -0.4 is 0 Å². The van der Waals surface area contributed by atoms with Gasteiger partial charge in [-0.2, -0.15) is 0 Å². The van der Waals surface area contributed by atoms with Crippen molar-refractivity contribution in [2.75, 3.05) is 33.4 Å². The van der Waals surface area contributed by atoms with E-state index in [-0.39, 0.29) is 0 Å². The molecule has 5 aliphatic rings. The Morgan fingerprint density at radius 1 is 0.406 bits per heavy atom. The molecule has 10 atom stereocenters. The number of nitrogens with zero attached hydrogens (tertiary/aromatic N) is 5. The fraction of sp³-hybridized carbons (Fsp3) is 1.00. The molecule has 0 N–H and O–H groups in total. The predicted molar refractivity (Wildman–Crippen MR) is 287 cm³/mol. The van der Waals surface area contributed by atoms with Gasteiger partial charge in [-0.05, 0) is 175 Å². The van der Waals surface area contributed by atoms with E-state index in [1.54, 1.807) is 0 Å². The number of hydrogen-bond donors (Lipinski definition) is 0. The normalized spacial score (nSPS) is 31.0. The molecule has 5 heterocycles. The van der Waals surface area contributed by atoms with Crippen LogP contribution in [0.4, 0.5) is 0 Å². The summed E-state index contributed by atoms with van der Waals surface area (Å²) in [5.74, 6) is 6.64. The number of hydrogen-bond acceptors (Lipinski definition) is 6. The van der Waals surface area contributed by atoms with Crippen LogP contribution in [0.5, 0.6) is 0 Å². The molecule has 0 aromatic heterocycles. The fourth-order valence-electron chi connectivity index (χ4n) is 12.9. The minimum absolute atomic E-state index is 0.671. The van der Waals surface area contributed by atoms with Crippen molar-refractivity contribution in [3.63, 3.8) is 0 Å². The Kier molecular flexibility index (Phi) is 29.3. The summed E-state index contributed by atoms with van der Waals surface area (Å²) in [6.45, 7) is 60.8. The van der Waals surface area contributed by atoms with Crippen molar-refractivity contribution in [2.45, 2.75) is 296 Å². The smallest absolute Gasteiger partial charge is 0.0503 e. The van der Waals surface area contributed by atoms with E-state index in [4.69, 9.17) is 4.74 Å². The van der Waals surface area contributed by atoms with E-state index >= 15 is 0 Å². The maximum absolute atomic E-state index is 5.26. The van der Waals surface area contributed by atoms with Crippen molar-refractivity contribution in [3.05, 3.63) is 0 Å². The SMILES string of the molecule is CC(C)[C@@H]1CCC(C)N1C(C)C.CC1C[C@@H](C(C)C)N(C(C)C)C1.CCC1CC[C@@H](C(C)C)N1C(C)C.CCC1C[C@@H](C(C)C)N(C(C)C)C1.COCC1C[C@@H](C(C)C)N(C(C)C)C1. The number of likely N-dealkylation sites (tertiary alicyclic amines) is 5. The molecule has 64 heavy (non-hydrogen) atoms. The van der Waals surface area contributed by atoms with Gasteiger partial charge in [-0.15, -0.1) is 0 Å². The zero-order valence-electron chi connectivity index (χ0n) is 48.4. The van der Waals surface area contributed by atoms with Gasteiger partial charge in [0.1, 0.15) is 0 Å². The van der Waals surface area contributed by atoms with E-state index in [2.05, 4.69) is 191 Å². The topological polar surface area (TPSA) is 25.4 Å². The van der Waals surface area contributed by atoms with Gasteiger partial charge in [0.05, 0.1) is 6.61 Å². The van der Waals surface area contributed by atoms with Crippen LogP contribution in [-0.2, 0) is 4.74 Å². The third-order valence-corrected chi connectivity index (χ3v) is 16.4.